The zero-order chi connectivity index (χ0) is 15.6. The lowest BCUT2D eigenvalue weighted by Gasteiger charge is -2.11. The molecule has 0 radical (unpaired) electrons. The summed E-state index contributed by atoms with van der Waals surface area (Å²) in [5.74, 6) is 0.601. The van der Waals surface area contributed by atoms with Crippen LogP contribution in [0.5, 0.6) is 0 Å². The minimum absolute atomic E-state index is 0.601. The standard InChI is InChI=1S/C19H18N4/c20-19-16-8-2-1-7-15(16)18-14(5-3-9-17(18)22-19)6-4-11-23-12-10-21-13-23/h1-3,5,7-10,12-13H,4,6,11H2,(H2,20,22). The van der Waals surface area contributed by atoms with Crippen LogP contribution in [0.4, 0.5) is 5.82 Å². The minimum atomic E-state index is 0.601. The highest BCUT2D eigenvalue weighted by Crippen LogP contribution is 2.30. The van der Waals surface area contributed by atoms with Crippen molar-refractivity contribution in [2.75, 3.05) is 5.73 Å². The number of aromatic nitrogens is 3. The number of fused-ring (bicyclic) bond motifs is 3. The van der Waals surface area contributed by atoms with E-state index in [9.17, 15) is 0 Å². The lowest BCUT2D eigenvalue weighted by molar-refractivity contribution is 0.643. The largest absolute Gasteiger partial charge is 0.383 e. The number of nitrogens with two attached hydrogens (primary N) is 1. The summed E-state index contributed by atoms with van der Waals surface area (Å²) in [7, 11) is 0. The highest BCUT2D eigenvalue weighted by atomic mass is 15.0. The first-order chi connectivity index (χ1) is 11.3. The molecule has 0 saturated carbocycles. The molecule has 2 N–H and O–H groups in total. The molecule has 23 heavy (non-hydrogen) atoms. The van der Waals surface area contributed by atoms with Gasteiger partial charge in [0.05, 0.1) is 11.8 Å². The predicted molar refractivity (Wildman–Crippen MR) is 94.2 cm³/mol. The Morgan fingerprint density at radius 1 is 1.00 bits per heavy atom. The van der Waals surface area contributed by atoms with Crippen LogP contribution in [0.1, 0.15) is 12.0 Å². The van der Waals surface area contributed by atoms with Gasteiger partial charge in [0.25, 0.3) is 0 Å². The average Bonchev–Trinajstić information content (AvgIpc) is 3.08. The van der Waals surface area contributed by atoms with Crippen molar-refractivity contribution in [2.24, 2.45) is 0 Å². The normalized spacial score (nSPS) is 11.3. The van der Waals surface area contributed by atoms with Gasteiger partial charge in [0.15, 0.2) is 0 Å². The first-order valence-electron chi connectivity index (χ1n) is 7.84. The Morgan fingerprint density at radius 2 is 1.87 bits per heavy atom. The molecule has 0 atom stereocenters. The second-order valence-electron chi connectivity index (χ2n) is 5.76. The lowest BCUT2D eigenvalue weighted by Crippen LogP contribution is -1.99. The van der Waals surface area contributed by atoms with Gasteiger partial charge in [-0.25, -0.2) is 9.97 Å². The van der Waals surface area contributed by atoms with Crippen LogP contribution in [-0.2, 0) is 13.0 Å². The van der Waals surface area contributed by atoms with E-state index in [-0.39, 0.29) is 0 Å². The van der Waals surface area contributed by atoms with Gasteiger partial charge >= 0.3 is 0 Å². The third-order valence-electron chi connectivity index (χ3n) is 4.26. The second-order valence-corrected chi connectivity index (χ2v) is 5.76. The Morgan fingerprint density at radius 3 is 2.70 bits per heavy atom. The van der Waals surface area contributed by atoms with E-state index in [1.165, 1.54) is 16.3 Å². The lowest BCUT2D eigenvalue weighted by atomic mass is 9.98. The molecule has 2 heterocycles. The van der Waals surface area contributed by atoms with Crippen LogP contribution >= 0.6 is 0 Å². The summed E-state index contributed by atoms with van der Waals surface area (Å²) in [6.07, 6.45) is 7.75. The van der Waals surface area contributed by atoms with Gasteiger partial charge < -0.3 is 10.3 Å². The van der Waals surface area contributed by atoms with Crippen LogP contribution in [0, 0.1) is 0 Å². The van der Waals surface area contributed by atoms with Crippen molar-refractivity contribution in [1.82, 2.24) is 14.5 Å². The molecule has 0 amide bonds. The summed E-state index contributed by atoms with van der Waals surface area (Å²) in [6.45, 7) is 0.969. The van der Waals surface area contributed by atoms with E-state index < -0.39 is 0 Å². The van der Waals surface area contributed by atoms with Gasteiger partial charge in [-0.15, -0.1) is 0 Å². The number of rotatable bonds is 4. The Hall–Kier alpha value is -2.88. The molecule has 0 fully saturated rings. The molecule has 4 rings (SSSR count). The number of nitrogen functional groups attached to an aromatic ring is 1. The molecule has 0 spiro atoms. The predicted octanol–water partition coefficient (Wildman–Crippen LogP) is 3.80. The van der Waals surface area contributed by atoms with Gasteiger partial charge in [-0.3, -0.25) is 0 Å². The minimum Gasteiger partial charge on any atom is -0.383 e. The molecule has 0 unspecified atom stereocenters. The fourth-order valence-corrected chi connectivity index (χ4v) is 3.18. The molecule has 0 saturated heterocycles. The van der Waals surface area contributed by atoms with Crippen molar-refractivity contribution in [3.8, 4) is 0 Å². The zero-order valence-electron chi connectivity index (χ0n) is 12.8. The smallest absolute Gasteiger partial charge is 0.131 e. The number of benzene rings is 2. The Balaban J connectivity index is 1.75. The zero-order valence-corrected chi connectivity index (χ0v) is 12.8. The maximum Gasteiger partial charge on any atom is 0.131 e. The van der Waals surface area contributed by atoms with E-state index in [1.807, 2.05) is 36.9 Å². The van der Waals surface area contributed by atoms with Crippen molar-refractivity contribution in [2.45, 2.75) is 19.4 Å². The van der Waals surface area contributed by atoms with Gasteiger partial charge in [-0.05, 0) is 29.9 Å². The van der Waals surface area contributed by atoms with Crippen LogP contribution in [0.2, 0.25) is 0 Å². The molecule has 0 bridgehead atoms. The van der Waals surface area contributed by atoms with Crippen molar-refractivity contribution < 1.29 is 0 Å². The third kappa shape index (κ3) is 2.52. The fraction of sp³-hybridized carbons (Fsp3) is 0.158. The topological polar surface area (TPSA) is 56.7 Å². The molecule has 0 aliphatic heterocycles. The van der Waals surface area contributed by atoms with E-state index in [4.69, 9.17) is 5.73 Å². The second kappa shape index (κ2) is 5.72. The quantitative estimate of drug-likeness (QED) is 0.583. The van der Waals surface area contributed by atoms with Crippen LogP contribution in [0.25, 0.3) is 21.7 Å². The summed E-state index contributed by atoms with van der Waals surface area (Å²) in [5, 5.41) is 3.44. The Bertz CT molecular complexity index is 958. The summed E-state index contributed by atoms with van der Waals surface area (Å²) >= 11 is 0. The molecular weight excluding hydrogens is 284 g/mol. The van der Waals surface area contributed by atoms with E-state index in [0.29, 0.717) is 5.82 Å². The Labute approximate surface area is 134 Å². The molecular formula is C19H18N4. The van der Waals surface area contributed by atoms with Crippen molar-refractivity contribution in [1.29, 1.82) is 0 Å². The molecule has 4 heteroatoms. The van der Waals surface area contributed by atoms with Crippen molar-refractivity contribution >= 4 is 27.5 Å². The van der Waals surface area contributed by atoms with E-state index in [0.717, 1.165) is 30.3 Å². The van der Waals surface area contributed by atoms with Crippen molar-refractivity contribution in [3.05, 3.63) is 66.7 Å². The number of aryl methyl sites for hydroxylation is 2. The molecule has 0 aliphatic rings. The third-order valence-corrected chi connectivity index (χ3v) is 4.26. The van der Waals surface area contributed by atoms with Crippen LogP contribution in [0.15, 0.2) is 61.2 Å². The highest BCUT2D eigenvalue weighted by molar-refractivity contribution is 6.11. The van der Waals surface area contributed by atoms with E-state index >= 15 is 0 Å². The molecule has 114 valence electrons. The van der Waals surface area contributed by atoms with Crippen molar-refractivity contribution in [3.63, 3.8) is 0 Å². The Kier molecular flexibility index (Phi) is 3.42. The molecule has 4 aromatic rings. The van der Waals surface area contributed by atoms with E-state index in [1.54, 1.807) is 0 Å². The highest BCUT2D eigenvalue weighted by Gasteiger charge is 2.09. The summed E-state index contributed by atoms with van der Waals surface area (Å²) in [6, 6.07) is 14.5. The molecule has 4 nitrogen and oxygen atoms in total. The maximum atomic E-state index is 6.12. The van der Waals surface area contributed by atoms with Gasteiger partial charge in [0.2, 0.25) is 0 Å². The summed E-state index contributed by atoms with van der Waals surface area (Å²) in [5.41, 5.74) is 8.41. The fourth-order valence-electron chi connectivity index (χ4n) is 3.18. The number of hydrogen-bond acceptors (Lipinski definition) is 3. The van der Waals surface area contributed by atoms with Gasteiger partial charge in [-0.1, -0.05) is 36.4 Å². The van der Waals surface area contributed by atoms with Gasteiger partial charge in [0, 0.05) is 29.7 Å². The first kappa shape index (κ1) is 13.8. The number of pyridine rings is 1. The summed E-state index contributed by atoms with van der Waals surface area (Å²) < 4.78 is 2.11. The maximum absolute atomic E-state index is 6.12. The molecule has 2 aromatic carbocycles. The van der Waals surface area contributed by atoms with E-state index in [2.05, 4.69) is 38.8 Å². The average molecular weight is 302 g/mol. The van der Waals surface area contributed by atoms with Crippen LogP contribution in [-0.4, -0.2) is 14.5 Å². The monoisotopic (exact) mass is 302 g/mol. The van der Waals surface area contributed by atoms with Gasteiger partial charge in [-0.2, -0.15) is 0 Å². The first-order valence-corrected chi connectivity index (χ1v) is 7.84. The van der Waals surface area contributed by atoms with Crippen LogP contribution < -0.4 is 5.73 Å². The number of imidazole rings is 1. The summed E-state index contributed by atoms with van der Waals surface area (Å²) in [4.78, 5) is 8.67. The van der Waals surface area contributed by atoms with Gasteiger partial charge in [0.1, 0.15) is 5.82 Å². The molecule has 0 aliphatic carbocycles. The number of anilines is 1. The number of hydrogen-bond donors (Lipinski definition) is 1. The molecule has 2 aromatic heterocycles. The SMILES string of the molecule is Nc1nc2cccc(CCCn3ccnc3)c2c2ccccc12. The number of nitrogens with zero attached hydrogens (tertiary/aromatic N) is 3. The van der Waals surface area contributed by atoms with Crippen LogP contribution in [0.3, 0.4) is 0 Å².